The first-order valence-corrected chi connectivity index (χ1v) is 16.2. The summed E-state index contributed by atoms with van der Waals surface area (Å²) >= 11 is 0. The van der Waals surface area contributed by atoms with Gasteiger partial charge < -0.3 is 39.7 Å². The fraction of sp³-hybridized carbons (Fsp3) is 0.743. The van der Waals surface area contributed by atoms with Gasteiger partial charge in [-0.15, -0.1) is 0 Å². The molecule has 44 heavy (non-hydrogen) atoms. The molecule has 4 fully saturated rings. The van der Waals surface area contributed by atoms with Crippen LogP contribution in [0.15, 0.2) is 29.8 Å². The average Bonchev–Trinajstić information content (AvgIpc) is 3.43. The topological polar surface area (TPSA) is 146 Å². The smallest absolute Gasteiger partial charge is 0.185 e. The lowest BCUT2D eigenvalue weighted by atomic mass is 9.45. The van der Waals surface area contributed by atoms with E-state index in [1.165, 1.54) is 7.11 Å². The molecular weight excluding hydrogens is 564 g/mol. The summed E-state index contributed by atoms with van der Waals surface area (Å²) in [4.78, 5) is 13.6. The molecule has 1 unspecified atom stereocenters. The van der Waals surface area contributed by atoms with Crippen LogP contribution in [0.4, 0.5) is 0 Å². The lowest BCUT2D eigenvalue weighted by molar-refractivity contribution is -0.168. The molecule has 1 aromatic rings. The number of benzene rings is 1. The summed E-state index contributed by atoms with van der Waals surface area (Å²) in [5, 5.41) is 54.7. The number of carbonyl (C=O) groups is 1. The molecule has 9 heteroatoms. The second-order valence-corrected chi connectivity index (χ2v) is 15.6. The fourth-order valence-corrected chi connectivity index (χ4v) is 10.0. The molecule has 1 saturated heterocycles. The van der Waals surface area contributed by atoms with E-state index in [0.29, 0.717) is 49.8 Å². The largest absolute Gasteiger partial charge is 0.504 e. The van der Waals surface area contributed by atoms with Crippen LogP contribution in [-0.2, 0) is 14.3 Å². The highest BCUT2D eigenvalue weighted by atomic mass is 16.7. The Bertz CT molecular complexity index is 1340. The molecular formula is C35H50O9. The number of ether oxygens (including phenoxy) is 3. The third-order valence-electron chi connectivity index (χ3n) is 12.6. The SMILES string of the molecule is COc1cc(C2O[C@H](CCC(C)(C)O)[C@@](C)([C@H]3CC[C@@]4(O)C5=CC(=O)[C@@H]6C[C@@H](O)[C@@H](O)C[C@]6(C)[C@H]5CC[C@]34C)O2)ccc1O. The molecule has 0 radical (unpaired) electrons. The average molecular weight is 615 g/mol. The van der Waals surface area contributed by atoms with Gasteiger partial charge in [0.15, 0.2) is 23.6 Å². The lowest BCUT2D eigenvalue weighted by Gasteiger charge is -2.60. The normalized spacial score (nSPS) is 45.4. The molecule has 5 aliphatic rings. The number of aliphatic hydroxyl groups excluding tert-OH is 2. The first-order chi connectivity index (χ1) is 20.5. The van der Waals surface area contributed by atoms with E-state index in [0.717, 1.165) is 12.0 Å². The van der Waals surface area contributed by atoms with Gasteiger partial charge in [-0.2, -0.15) is 0 Å². The molecule has 1 aromatic carbocycles. The van der Waals surface area contributed by atoms with E-state index in [-0.39, 0.29) is 41.8 Å². The lowest BCUT2D eigenvalue weighted by Crippen LogP contribution is -2.62. The van der Waals surface area contributed by atoms with E-state index in [2.05, 4.69) is 20.8 Å². The molecule has 3 saturated carbocycles. The molecule has 0 aromatic heterocycles. The second-order valence-electron chi connectivity index (χ2n) is 15.6. The fourth-order valence-electron chi connectivity index (χ4n) is 10.0. The summed E-state index contributed by atoms with van der Waals surface area (Å²) in [6.45, 7) is 9.80. The first kappa shape index (κ1) is 32.0. The number of methoxy groups -OCH3 is 1. The quantitative estimate of drug-likeness (QED) is 0.316. The van der Waals surface area contributed by atoms with Gasteiger partial charge >= 0.3 is 0 Å². The predicted molar refractivity (Wildman–Crippen MR) is 162 cm³/mol. The van der Waals surface area contributed by atoms with Crippen molar-refractivity contribution in [2.45, 2.75) is 127 Å². The van der Waals surface area contributed by atoms with Crippen LogP contribution >= 0.6 is 0 Å². The zero-order valence-corrected chi connectivity index (χ0v) is 26.9. The summed E-state index contributed by atoms with van der Waals surface area (Å²) in [5.74, 6) is -0.303. The van der Waals surface area contributed by atoms with Crippen LogP contribution in [0.1, 0.15) is 97.8 Å². The van der Waals surface area contributed by atoms with Crippen molar-refractivity contribution < 1.29 is 44.5 Å². The van der Waals surface area contributed by atoms with E-state index in [4.69, 9.17) is 14.2 Å². The number of allylic oxidation sites excluding steroid dienone is 1. The number of hydrogen-bond acceptors (Lipinski definition) is 9. The van der Waals surface area contributed by atoms with Gasteiger partial charge in [-0.05, 0) is 113 Å². The monoisotopic (exact) mass is 614 g/mol. The van der Waals surface area contributed by atoms with Crippen LogP contribution in [-0.4, -0.2) is 73.5 Å². The molecule has 11 atom stereocenters. The predicted octanol–water partition coefficient (Wildman–Crippen LogP) is 4.33. The molecule has 244 valence electrons. The number of aromatic hydroxyl groups is 1. The number of phenolic OH excluding ortho intramolecular Hbond substituents is 1. The van der Waals surface area contributed by atoms with Crippen molar-refractivity contribution in [2.75, 3.05) is 7.11 Å². The number of aliphatic hydroxyl groups is 4. The molecule has 0 amide bonds. The minimum absolute atomic E-state index is 0.0203. The summed E-state index contributed by atoms with van der Waals surface area (Å²) in [6.07, 6.45) is 2.95. The van der Waals surface area contributed by atoms with Crippen molar-refractivity contribution in [3.8, 4) is 11.5 Å². The molecule has 1 heterocycles. The van der Waals surface area contributed by atoms with Gasteiger partial charge in [-0.3, -0.25) is 4.79 Å². The van der Waals surface area contributed by atoms with E-state index in [9.17, 15) is 30.3 Å². The van der Waals surface area contributed by atoms with Crippen molar-refractivity contribution in [3.63, 3.8) is 0 Å². The van der Waals surface area contributed by atoms with Crippen LogP contribution in [0.5, 0.6) is 11.5 Å². The van der Waals surface area contributed by atoms with E-state index < -0.39 is 46.1 Å². The van der Waals surface area contributed by atoms with E-state index in [1.807, 2.05) is 0 Å². The van der Waals surface area contributed by atoms with Crippen molar-refractivity contribution in [2.24, 2.45) is 28.6 Å². The Morgan fingerprint density at radius 3 is 2.48 bits per heavy atom. The van der Waals surface area contributed by atoms with Gasteiger partial charge in [0.05, 0.1) is 42.2 Å². The van der Waals surface area contributed by atoms with Gasteiger partial charge in [0, 0.05) is 16.9 Å². The van der Waals surface area contributed by atoms with Gasteiger partial charge in [0.25, 0.3) is 0 Å². The number of hydrogen-bond donors (Lipinski definition) is 5. The Balaban J connectivity index is 1.36. The molecule has 0 bridgehead atoms. The van der Waals surface area contributed by atoms with Crippen LogP contribution in [0.2, 0.25) is 0 Å². The van der Waals surface area contributed by atoms with Crippen molar-refractivity contribution in [1.29, 1.82) is 0 Å². The van der Waals surface area contributed by atoms with Gasteiger partial charge in [0.1, 0.15) is 0 Å². The Labute approximate surface area is 260 Å². The Hall–Kier alpha value is -2.01. The number of carbonyl (C=O) groups excluding carboxylic acids is 1. The van der Waals surface area contributed by atoms with Crippen LogP contribution in [0.3, 0.4) is 0 Å². The summed E-state index contributed by atoms with van der Waals surface area (Å²) in [7, 11) is 1.49. The van der Waals surface area contributed by atoms with Crippen molar-refractivity contribution in [3.05, 3.63) is 35.4 Å². The highest BCUT2D eigenvalue weighted by Crippen LogP contribution is 2.70. The van der Waals surface area contributed by atoms with Crippen molar-refractivity contribution in [1.82, 2.24) is 0 Å². The summed E-state index contributed by atoms with van der Waals surface area (Å²) in [5.41, 5.74) is -2.66. The minimum Gasteiger partial charge on any atom is -0.504 e. The zero-order valence-electron chi connectivity index (χ0n) is 26.9. The number of ketones is 1. The van der Waals surface area contributed by atoms with Crippen LogP contribution in [0, 0.1) is 28.6 Å². The molecule has 0 spiro atoms. The highest BCUT2D eigenvalue weighted by molar-refractivity contribution is 5.95. The zero-order chi connectivity index (χ0) is 32.0. The highest BCUT2D eigenvalue weighted by Gasteiger charge is 2.70. The molecule has 5 N–H and O–H groups in total. The van der Waals surface area contributed by atoms with E-state index in [1.54, 1.807) is 38.1 Å². The van der Waals surface area contributed by atoms with Crippen molar-refractivity contribution >= 4 is 5.78 Å². The Morgan fingerprint density at radius 2 is 1.80 bits per heavy atom. The Morgan fingerprint density at radius 1 is 1.07 bits per heavy atom. The molecule has 1 aliphatic heterocycles. The maximum Gasteiger partial charge on any atom is 0.185 e. The van der Waals surface area contributed by atoms with Gasteiger partial charge in [-0.1, -0.05) is 19.9 Å². The molecule has 9 nitrogen and oxygen atoms in total. The number of rotatable bonds is 6. The molecule has 6 rings (SSSR count). The Kier molecular flexibility index (Phi) is 7.63. The van der Waals surface area contributed by atoms with Crippen LogP contribution in [0.25, 0.3) is 0 Å². The van der Waals surface area contributed by atoms with Crippen LogP contribution < -0.4 is 4.74 Å². The molecule has 4 aliphatic carbocycles. The second kappa shape index (κ2) is 10.5. The maximum atomic E-state index is 13.6. The standard InChI is InChI=1S/C35H50O9/c1-31(2,40)12-11-29-34(5,44-30(43-29)19-7-8-23(36)27(15-19)42-6)28-10-14-35(41)21-16-24(37)22-17-25(38)26(39)18-32(22,3)20(21)9-13-33(28,35)4/h7-8,15-16,20,22,25-26,28-30,36,38-41H,9-14,17-18H2,1-6H3/t20-,22-,25+,26-,28-,29+,30?,32+,33+,34+,35+/m0/s1. The first-order valence-electron chi connectivity index (χ1n) is 16.2. The summed E-state index contributed by atoms with van der Waals surface area (Å²) < 4.78 is 18.9. The summed E-state index contributed by atoms with van der Waals surface area (Å²) in [6, 6.07) is 5.02. The minimum atomic E-state index is -1.24. The number of fused-ring (bicyclic) bond motifs is 5. The van der Waals surface area contributed by atoms with Gasteiger partial charge in [-0.25, -0.2) is 0 Å². The van der Waals surface area contributed by atoms with E-state index >= 15 is 0 Å². The third-order valence-corrected chi connectivity index (χ3v) is 12.6. The maximum absolute atomic E-state index is 13.6. The van der Waals surface area contributed by atoms with Gasteiger partial charge in [0.2, 0.25) is 0 Å². The number of phenols is 1. The third kappa shape index (κ3) is 4.68.